The molecule has 1 heterocycles. The molecule has 0 aliphatic rings. The van der Waals surface area contributed by atoms with Gasteiger partial charge in [0.2, 0.25) is 0 Å². The number of rotatable bonds is 6. The van der Waals surface area contributed by atoms with Gasteiger partial charge in [0, 0.05) is 22.9 Å². The van der Waals surface area contributed by atoms with Gasteiger partial charge in [-0.1, -0.05) is 29.5 Å². The Morgan fingerprint density at radius 2 is 2.00 bits per heavy atom. The highest BCUT2D eigenvalue weighted by molar-refractivity contribution is 7.99. The summed E-state index contributed by atoms with van der Waals surface area (Å²) in [5, 5.41) is 0. The number of nitrogens with one attached hydrogen (secondary N) is 2. The molecule has 0 amide bonds. The minimum atomic E-state index is -3.60. The van der Waals surface area contributed by atoms with Crippen LogP contribution in [0.25, 0.3) is 0 Å². The molecule has 0 bridgehead atoms. The normalized spacial score (nSPS) is 11.7. The highest BCUT2D eigenvalue weighted by atomic mass is 32.2. The third kappa shape index (κ3) is 3.95. The van der Waals surface area contributed by atoms with Crippen LogP contribution in [0.5, 0.6) is 0 Å². The van der Waals surface area contributed by atoms with Crippen LogP contribution in [0, 0.1) is 6.92 Å². The third-order valence-corrected chi connectivity index (χ3v) is 6.51. The highest BCUT2D eigenvalue weighted by Crippen LogP contribution is 2.17. The Kier molecular flexibility index (Phi) is 5.03. The monoisotopic (exact) mass is 330 g/mol. The standard InChI is InChI=1S/C12H14N2O3S3/c1-9-11(19-12(15)14-9)20(16,17)13-7-8-18-10-5-3-2-4-6-10/h2-6,13H,7-8H2,1H3,(H,14,15). The first-order valence-corrected chi connectivity index (χ1v) is 9.15. The summed E-state index contributed by atoms with van der Waals surface area (Å²) in [6, 6.07) is 9.76. The molecule has 2 N–H and O–H groups in total. The summed E-state index contributed by atoms with van der Waals surface area (Å²) < 4.78 is 26.6. The molecular formula is C12H14N2O3S3. The topological polar surface area (TPSA) is 79.0 Å². The predicted molar refractivity (Wildman–Crippen MR) is 82.0 cm³/mol. The van der Waals surface area contributed by atoms with Crippen molar-refractivity contribution in [1.29, 1.82) is 0 Å². The molecule has 0 aliphatic carbocycles. The van der Waals surface area contributed by atoms with Crippen molar-refractivity contribution in [2.75, 3.05) is 12.3 Å². The molecule has 0 saturated heterocycles. The number of sulfonamides is 1. The van der Waals surface area contributed by atoms with Crippen molar-refractivity contribution in [3.05, 3.63) is 45.7 Å². The Balaban J connectivity index is 1.90. The van der Waals surface area contributed by atoms with Crippen LogP contribution in [0.15, 0.2) is 44.2 Å². The van der Waals surface area contributed by atoms with Gasteiger partial charge < -0.3 is 4.98 Å². The van der Waals surface area contributed by atoms with E-state index in [1.165, 1.54) is 0 Å². The summed E-state index contributed by atoms with van der Waals surface area (Å²) >= 11 is 2.28. The molecule has 0 atom stereocenters. The molecule has 20 heavy (non-hydrogen) atoms. The van der Waals surface area contributed by atoms with Crippen molar-refractivity contribution in [2.24, 2.45) is 0 Å². The predicted octanol–water partition coefficient (Wildman–Crippen LogP) is 1.82. The smallest absolute Gasteiger partial charge is 0.305 e. The summed E-state index contributed by atoms with van der Waals surface area (Å²) in [5.41, 5.74) is 0.378. The number of thioether (sulfide) groups is 1. The number of benzene rings is 1. The van der Waals surface area contributed by atoms with Crippen molar-refractivity contribution >= 4 is 33.1 Å². The van der Waals surface area contributed by atoms with Crippen LogP contribution in [-0.4, -0.2) is 25.7 Å². The molecule has 5 nitrogen and oxygen atoms in total. The van der Waals surface area contributed by atoms with Gasteiger partial charge in [-0.25, -0.2) is 13.1 Å². The summed E-state index contributed by atoms with van der Waals surface area (Å²) in [5.74, 6) is 0.627. The van der Waals surface area contributed by atoms with E-state index in [0.29, 0.717) is 29.3 Å². The second-order valence-corrected chi connectivity index (χ2v) is 8.10. The number of hydrogen-bond acceptors (Lipinski definition) is 5. The Morgan fingerprint density at radius 1 is 1.30 bits per heavy atom. The maximum Gasteiger partial charge on any atom is 0.305 e. The zero-order chi connectivity index (χ0) is 14.6. The number of aryl methyl sites for hydroxylation is 1. The lowest BCUT2D eigenvalue weighted by Crippen LogP contribution is -2.25. The van der Waals surface area contributed by atoms with Gasteiger partial charge in [-0.15, -0.1) is 11.8 Å². The molecule has 2 aromatic rings. The molecule has 0 spiro atoms. The summed E-state index contributed by atoms with van der Waals surface area (Å²) in [7, 11) is -3.60. The van der Waals surface area contributed by atoms with E-state index < -0.39 is 10.0 Å². The first-order valence-electron chi connectivity index (χ1n) is 5.86. The summed E-state index contributed by atoms with van der Waals surface area (Å²) in [6.45, 7) is 1.89. The third-order valence-electron chi connectivity index (χ3n) is 2.43. The summed E-state index contributed by atoms with van der Waals surface area (Å²) in [4.78, 5) is 14.3. The van der Waals surface area contributed by atoms with Gasteiger partial charge in [-0.05, 0) is 19.1 Å². The van der Waals surface area contributed by atoms with Crippen molar-refractivity contribution in [1.82, 2.24) is 9.71 Å². The van der Waals surface area contributed by atoms with Crippen LogP contribution >= 0.6 is 23.1 Å². The zero-order valence-corrected chi connectivity index (χ0v) is 13.2. The largest absolute Gasteiger partial charge is 0.315 e. The van der Waals surface area contributed by atoms with E-state index in [2.05, 4.69) is 9.71 Å². The van der Waals surface area contributed by atoms with E-state index >= 15 is 0 Å². The quantitative estimate of drug-likeness (QED) is 0.625. The van der Waals surface area contributed by atoms with E-state index in [4.69, 9.17) is 0 Å². The number of aromatic amines is 1. The maximum absolute atomic E-state index is 12.0. The zero-order valence-electron chi connectivity index (χ0n) is 10.8. The van der Waals surface area contributed by atoms with Gasteiger partial charge in [-0.3, -0.25) is 4.79 Å². The molecule has 1 aromatic heterocycles. The average molecular weight is 330 g/mol. The first kappa shape index (κ1) is 15.3. The van der Waals surface area contributed by atoms with Gasteiger partial charge >= 0.3 is 4.87 Å². The Hall–Kier alpha value is -1.09. The second-order valence-electron chi connectivity index (χ2n) is 3.99. The molecule has 2 rings (SSSR count). The molecule has 0 saturated carbocycles. The number of thiazole rings is 1. The van der Waals surface area contributed by atoms with Gasteiger partial charge in [0.25, 0.3) is 10.0 Å². The van der Waals surface area contributed by atoms with Crippen molar-refractivity contribution in [3.8, 4) is 0 Å². The van der Waals surface area contributed by atoms with Gasteiger partial charge in [0.15, 0.2) is 4.21 Å². The molecule has 0 aliphatic heterocycles. The van der Waals surface area contributed by atoms with Crippen molar-refractivity contribution in [2.45, 2.75) is 16.0 Å². The Labute approximate surface area is 125 Å². The molecule has 8 heteroatoms. The van der Waals surface area contributed by atoms with E-state index in [1.54, 1.807) is 18.7 Å². The molecular weight excluding hydrogens is 316 g/mol. The first-order chi connectivity index (χ1) is 9.49. The maximum atomic E-state index is 12.0. The van der Waals surface area contributed by atoms with Crippen LogP contribution in [0.1, 0.15) is 5.69 Å². The van der Waals surface area contributed by atoms with Crippen molar-refractivity contribution in [3.63, 3.8) is 0 Å². The van der Waals surface area contributed by atoms with Gasteiger partial charge in [-0.2, -0.15) is 0 Å². The average Bonchev–Trinajstić information content (AvgIpc) is 2.76. The van der Waals surface area contributed by atoms with Crippen LogP contribution < -0.4 is 9.60 Å². The molecule has 0 fully saturated rings. The minimum Gasteiger partial charge on any atom is -0.315 e. The Bertz CT molecular complexity index is 720. The van der Waals surface area contributed by atoms with Crippen LogP contribution in [0.3, 0.4) is 0 Å². The van der Waals surface area contributed by atoms with E-state index in [9.17, 15) is 13.2 Å². The highest BCUT2D eigenvalue weighted by Gasteiger charge is 2.19. The number of aromatic nitrogens is 1. The van der Waals surface area contributed by atoms with E-state index in [1.807, 2.05) is 30.3 Å². The lowest BCUT2D eigenvalue weighted by molar-refractivity contribution is 0.585. The Morgan fingerprint density at radius 3 is 2.60 bits per heavy atom. The van der Waals surface area contributed by atoms with Gasteiger partial charge in [0.05, 0.1) is 0 Å². The molecule has 1 aromatic carbocycles. The lowest BCUT2D eigenvalue weighted by Gasteiger charge is -2.05. The molecule has 108 valence electrons. The second kappa shape index (κ2) is 6.57. The molecule has 0 radical (unpaired) electrons. The van der Waals surface area contributed by atoms with Gasteiger partial charge in [0.1, 0.15) is 0 Å². The van der Waals surface area contributed by atoms with E-state index in [-0.39, 0.29) is 9.08 Å². The van der Waals surface area contributed by atoms with E-state index in [0.717, 1.165) is 4.90 Å². The van der Waals surface area contributed by atoms with Crippen molar-refractivity contribution < 1.29 is 8.42 Å². The molecule has 0 unspecified atom stereocenters. The lowest BCUT2D eigenvalue weighted by atomic mass is 10.4. The minimum absolute atomic E-state index is 0.0622. The van der Waals surface area contributed by atoms with Crippen LogP contribution in [0.4, 0.5) is 0 Å². The van der Waals surface area contributed by atoms with Crippen LogP contribution in [-0.2, 0) is 10.0 Å². The number of hydrogen-bond donors (Lipinski definition) is 2. The fourth-order valence-electron chi connectivity index (χ4n) is 1.57. The number of H-pyrrole nitrogens is 1. The summed E-state index contributed by atoms with van der Waals surface area (Å²) in [6.07, 6.45) is 0. The fourth-order valence-corrected chi connectivity index (χ4v) is 4.87. The SMILES string of the molecule is Cc1[nH]c(=O)sc1S(=O)(=O)NCCSc1ccccc1. The fraction of sp³-hybridized carbons (Fsp3) is 0.250. The van der Waals surface area contributed by atoms with Crippen LogP contribution in [0.2, 0.25) is 0 Å².